The number of aryl methyl sites for hydroxylation is 1. The molecule has 3 N–H and O–H groups in total. The van der Waals surface area contributed by atoms with Gasteiger partial charge in [-0.05, 0) is 68.4 Å². The molecule has 3 aliphatic rings. The summed E-state index contributed by atoms with van der Waals surface area (Å²) in [6.45, 7) is 4.89. The monoisotopic (exact) mass is 451 g/mol. The highest BCUT2D eigenvalue weighted by molar-refractivity contribution is 6.31. The lowest BCUT2D eigenvalue weighted by Gasteiger charge is -2.38. The molecule has 5 rings (SSSR count). The lowest BCUT2D eigenvalue weighted by Crippen LogP contribution is -2.46. The number of amides is 1. The Kier molecular flexibility index (Phi) is 5.58. The Bertz CT molecular complexity index is 1110. The first kappa shape index (κ1) is 21.3. The van der Waals surface area contributed by atoms with E-state index >= 15 is 0 Å². The van der Waals surface area contributed by atoms with Crippen LogP contribution >= 0.6 is 11.6 Å². The van der Waals surface area contributed by atoms with Crippen molar-refractivity contribution in [1.29, 1.82) is 5.41 Å². The fourth-order valence-corrected chi connectivity index (χ4v) is 5.35. The van der Waals surface area contributed by atoms with E-state index in [1.165, 1.54) is 5.69 Å². The maximum absolute atomic E-state index is 13.2. The normalized spacial score (nSPS) is 20.2. The second-order valence-corrected chi connectivity index (χ2v) is 9.85. The van der Waals surface area contributed by atoms with E-state index < -0.39 is 0 Å². The van der Waals surface area contributed by atoms with Gasteiger partial charge >= 0.3 is 0 Å². The van der Waals surface area contributed by atoms with Gasteiger partial charge < -0.3 is 20.9 Å². The maximum atomic E-state index is 13.2. The molecule has 0 radical (unpaired) electrons. The highest BCUT2D eigenvalue weighted by atomic mass is 35.5. The fourth-order valence-electron chi connectivity index (χ4n) is 5.18. The summed E-state index contributed by atoms with van der Waals surface area (Å²) in [5.41, 5.74) is 12.0. The van der Waals surface area contributed by atoms with E-state index in [-0.39, 0.29) is 11.8 Å². The minimum Gasteiger partial charge on any atom is -0.400 e. The number of carbonyl (C=O) groups is 1. The molecule has 7 heteroatoms. The zero-order chi connectivity index (χ0) is 22.4. The van der Waals surface area contributed by atoms with Gasteiger partial charge in [0.2, 0.25) is 5.91 Å². The van der Waals surface area contributed by atoms with Gasteiger partial charge in [0, 0.05) is 59.5 Å². The number of aromatic nitrogens is 1. The molecule has 32 heavy (non-hydrogen) atoms. The molecule has 0 spiro atoms. The summed E-state index contributed by atoms with van der Waals surface area (Å²) in [6, 6.07) is 5.82. The van der Waals surface area contributed by atoms with E-state index in [1.807, 2.05) is 29.3 Å². The molecule has 6 nitrogen and oxygen atoms in total. The van der Waals surface area contributed by atoms with Crippen LogP contribution in [-0.4, -0.2) is 47.7 Å². The number of hydrogen-bond donors (Lipinski definition) is 2. The number of piperidine rings is 1. The lowest BCUT2D eigenvalue weighted by atomic mass is 9.92. The van der Waals surface area contributed by atoms with Crippen LogP contribution in [0.25, 0.3) is 10.9 Å². The van der Waals surface area contributed by atoms with Gasteiger partial charge in [-0.1, -0.05) is 11.6 Å². The molecule has 0 bridgehead atoms. The van der Waals surface area contributed by atoms with Crippen molar-refractivity contribution in [2.75, 3.05) is 31.1 Å². The quantitative estimate of drug-likeness (QED) is 0.679. The number of pyridine rings is 1. The van der Waals surface area contributed by atoms with Crippen molar-refractivity contribution in [3.8, 4) is 0 Å². The summed E-state index contributed by atoms with van der Waals surface area (Å²) in [7, 11) is 0. The largest absolute Gasteiger partial charge is 0.400 e. The van der Waals surface area contributed by atoms with Crippen LogP contribution in [0.3, 0.4) is 0 Å². The van der Waals surface area contributed by atoms with E-state index in [1.54, 1.807) is 0 Å². The van der Waals surface area contributed by atoms with Crippen molar-refractivity contribution in [2.45, 2.75) is 39.0 Å². The maximum Gasteiger partial charge on any atom is 0.226 e. The van der Waals surface area contributed by atoms with Gasteiger partial charge in [-0.25, -0.2) is 0 Å². The van der Waals surface area contributed by atoms with Crippen LogP contribution in [0.15, 0.2) is 35.7 Å². The van der Waals surface area contributed by atoms with E-state index in [9.17, 15) is 4.79 Å². The van der Waals surface area contributed by atoms with Crippen molar-refractivity contribution in [2.24, 2.45) is 17.6 Å². The molecule has 2 fully saturated rings. The topological polar surface area (TPSA) is 86.3 Å². The zero-order valence-corrected chi connectivity index (χ0v) is 19.3. The minimum absolute atomic E-state index is 0.0282. The van der Waals surface area contributed by atoms with Crippen LogP contribution in [0.5, 0.6) is 0 Å². The predicted octanol–water partition coefficient (Wildman–Crippen LogP) is 4.29. The highest BCUT2D eigenvalue weighted by Crippen LogP contribution is 2.36. The number of nitrogens with two attached hydrogens (primary N) is 1. The van der Waals surface area contributed by atoms with Gasteiger partial charge in [0.05, 0.1) is 17.7 Å². The summed E-state index contributed by atoms with van der Waals surface area (Å²) in [5.74, 6) is 0.641. The molecule has 0 atom stereocenters. The first-order valence-electron chi connectivity index (χ1n) is 11.6. The number of carbonyl (C=O) groups excluding carboxylic acids is 1. The molecule has 1 saturated carbocycles. The van der Waals surface area contributed by atoms with Crippen molar-refractivity contribution < 1.29 is 4.79 Å². The number of nitrogens with zero attached hydrogens (tertiary/aromatic N) is 3. The summed E-state index contributed by atoms with van der Waals surface area (Å²) in [4.78, 5) is 22.1. The number of halogens is 1. The zero-order valence-electron chi connectivity index (χ0n) is 18.5. The highest BCUT2D eigenvalue weighted by Gasteiger charge is 2.34. The Labute approximate surface area is 193 Å². The lowest BCUT2D eigenvalue weighted by molar-refractivity contribution is -0.136. The van der Waals surface area contributed by atoms with Crippen LogP contribution in [0.1, 0.15) is 37.7 Å². The molecule has 168 valence electrons. The molecule has 2 aliphatic heterocycles. The smallest absolute Gasteiger partial charge is 0.226 e. The fraction of sp³-hybridized carbons (Fsp3) is 0.480. The van der Waals surface area contributed by atoms with E-state index in [0.29, 0.717) is 36.2 Å². The van der Waals surface area contributed by atoms with Crippen molar-refractivity contribution in [3.05, 3.63) is 46.3 Å². The predicted molar refractivity (Wildman–Crippen MR) is 129 cm³/mol. The summed E-state index contributed by atoms with van der Waals surface area (Å²) >= 11 is 6.27. The molecule has 2 aromatic rings. The number of benzene rings is 1. The number of hydrogen-bond acceptors (Lipinski definition) is 5. The molecule has 1 saturated heterocycles. The Morgan fingerprint density at radius 2 is 1.91 bits per heavy atom. The molecule has 3 heterocycles. The van der Waals surface area contributed by atoms with Gasteiger partial charge in [-0.15, -0.1) is 0 Å². The second-order valence-electron chi connectivity index (χ2n) is 9.41. The van der Waals surface area contributed by atoms with Crippen LogP contribution in [0, 0.1) is 24.2 Å². The van der Waals surface area contributed by atoms with Crippen molar-refractivity contribution >= 4 is 39.8 Å². The van der Waals surface area contributed by atoms with Gasteiger partial charge in [0.25, 0.3) is 0 Å². The average Bonchev–Trinajstić information content (AvgIpc) is 3.64. The van der Waals surface area contributed by atoms with Crippen LogP contribution in [0.4, 0.5) is 5.69 Å². The average molecular weight is 452 g/mol. The van der Waals surface area contributed by atoms with E-state index in [0.717, 1.165) is 66.5 Å². The van der Waals surface area contributed by atoms with Gasteiger partial charge in [-0.3, -0.25) is 9.78 Å². The summed E-state index contributed by atoms with van der Waals surface area (Å²) < 4.78 is 0. The first-order chi connectivity index (χ1) is 15.4. The standard InChI is InChI=1S/C25H30ClN5O/c1-15-13-29-22-5-4-18(26)12-20(22)24(15)30-9-6-17(7-10-30)25(32)31-11-8-19(21(27)14-31)23(28)16-2-3-16/h4-5,12-13,16-17,28H,2-3,6-11,14,27H2,1H3. The minimum atomic E-state index is 0.0282. The van der Waals surface area contributed by atoms with Crippen LogP contribution in [-0.2, 0) is 4.79 Å². The Morgan fingerprint density at radius 1 is 1.16 bits per heavy atom. The number of rotatable bonds is 4. The van der Waals surface area contributed by atoms with Gasteiger partial charge in [0.1, 0.15) is 0 Å². The molecular weight excluding hydrogens is 422 g/mol. The molecule has 1 aromatic heterocycles. The Balaban J connectivity index is 1.26. The molecular formula is C25H30ClN5O. The molecule has 1 amide bonds. The number of anilines is 1. The third-order valence-electron chi connectivity index (χ3n) is 7.15. The Hall–Kier alpha value is -2.60. The van der Waals surface area contributed by atoms with Crippen LogP contribution < -0.4 is 10.6 Å². The summed E-state index contributed by atoms with van der Waals surface area (Å²) in [5, 5.41) is 10.1. The SMILES string of the molecule is Cc1cnc2ccc(Cl)cc2c1N1CCC(C(=O)N2CCC(C(=N)C3CC3)=C(N)C2)CC1. The number of nitrogens with one attached hydrogen (secondary N) is 1. The Morgan fingerprint density at radius 3 is 2.59 bits per heavy atom. The number of fused-ring (bicyclic) bond motifs is 1. The molecule has 0 unspecified atom stereocenters. The first-order valence-corrected chi connectivity index (χ1v) is 11.9. The summed E-state index contributed by atoms with van der Waals surface area (Å²) in [6.07, 6.45) is 6.50. The van der Waals surface area contributed by atoms with Gasteiger partial charge in [-0.2, -0.15) is 0 Å². The van der Waals surface area contributed by atoms with E-state index in [2.05, 4.69) is 16.8 Å². The van der Waals surface area contributed by atoms with Gasteiger partial charge in [0.15, 0.2) is 0 Å². The van der Waals surface area contributed by atoms with Crippen molar-refractivity contribution in [1.82, 2.24) is 9.88 Å². The molecule has 1 aliphatic carbocycles. The van der Waals surface area contributed by atoms with E-state index in [4.69, 9.17) is 22.7 Å². The second kappa shape index (κ2) is 8.39. The third-order valence-corrected chi connectivity index (χ3v) is 7.38. The van der Waals surface area contributed by atoms with Crippen LogP contribution in [0.2, 0.25) is 5.02 Å². The van der Waals surface area contributed by atoms with Crippen molar-refractivity contribution in [3.63, 3.8) is 0 Å². The third kappa shape index (κ3) is 3.96. The molecule has 1 aromatic carbocycles.